The number of rotatable bonds is 6. The van der Waals surface area contributed by atoms with Crippen LogP contribution in [-0.4, -0.2) is 27.8 Å². The van der Waals surface area contributed by atoms with Crippen LogP contribution in [-0.2, 0) is 10.8 Å². The molecule has 0 aromatic heterocycles. The Morgan fingerprint density at radius 2 is 1.68 bits per heavy atom. The molecule has 0 radical (unpaired) electrons. The smallest absolute Gasteiger partial charge is 0.0501 e. The normalized spacial score (nSPS) is 31.2. The highest BCUT2D eigenvalue weighted by Gasteiger charge is 2.30. The van der Waals surface area contributed by atoms with Gasteiger partial charge in [0.2, 0.25) is 0 Å². The second-order valence-corrected chi connectivity index (χ2v) is 8.14. The first kappa shape index (κ1) is 15.5. The Balaban J connectivity index is 1.89. The number of hydrogen-bond donors (Lipinski definition) is 1. The van der Waals surface area contributed by atoms with E-state index < -0.39 is 10.8 Å². The maximum Gasteiger partial charge on any atom is 0.0501 e. The van der Waals surface area contributed by atoms with Crippen molar-refractivity contribution >= 4 is 10.8 Å². The van der Waals surface area contributed by atoms with Crippen molar-refractivity contribution in [3.8, 4) is 0 Å². The standard InChI is InChI=1S/C16H31NOS/c1-2-12-17-15-10-4-3-5-11-16(15)19(18)13-14-8-6-7-9-14/h14-17H,2-13H2,1H3. The maximum absolute atomic E-state index is 12.8. The molecule has 1 N–H and O–H groups in total. The predicted octanol–water partition coefficient (Wildman–Crippen LogP) is 3.63. The topological polar surface area (TPSA) is 29.1 Å². The quantitative estimate of drug-likeness (QED) is 0.755. The lowest BCUT2D eigenvalue weighted by molar-refractivity contribution is 0.460. The summed E-state index contributed by atoms with van der Waals surface area (Å²) < 4.78 is 12.8. The van der Waals surface area contributed by atoms with E-state index in [1.54, 1.807) is 0 Å². The molecule has 0 spiro atoms. The first-order valence-corrected chi connectivity index (χ1v) is 9.80. The van der Waals surface area contributed by atoms with E-state index in [4.69, 9.17) is 0 Å². The Kier molecular flexibility index (Phi) is 6.86. The van der Waals surface area contributed by atoms with Crippen LogP contribution in [0.15, 0.2) is 0 Å². The van der Waals surface area contributed by atoms with Gasteiger partial charge in [0.15, 0.2) is 0 Å². The average molecular weight is 285 g/mol. The van der Waals surface area contributed by atoms with E-state index in [0.717, 1.165) is 18.2 Å². The summed E-state index contributed by atoms with van der Waals surface area (Å²) in [7, 11) is -0.603. The molecule has 112 valence electrons. The zero-order valence-electron chi connectivity index (χ0n) is 12.5. The van der Waals surface area contributed by atoms with Crippen molar-refractivity contribution in [2.45, 2.75) is 82.4 Å². The van der Waals surface area contributed by atoms with Gasteiger partial charge in [-0.15, -0.1) is 0 Å². The molecule has 2 aliphatic carbocycles. The van der Waals surface area contributed by atoms with Gasteiger partial charge in [-0.2, -0.15) is 0 Å². The first-order valence-electron chi connectivity index (χ1n) is 8.41. The van der Waals surface area contributed by atoms with Crippen LogP contribution >= 0.6 is 0 Å². The molecule has 2 rings (SSSR count). The van der Waals surface area contributed by atoms with E-state index in [2.05, 4.69) is 12.2 Å². The van der Waals surface area contributed by atoms with Crippen molar-refractivity contribution in [2.24, 2.45) is 5.92 Å². The zero-order valence-corrected chi connectivity index (χ0v) is 13.4. The van der Waals surface area contributed by atoms with Crippen LogP contribution in [0.2, 0.25) is 0 Å². The summed E-state index contributed by atoms with van der Waals surface area (Å²) in [5.74, 6) is 1.74. The molecule has 0 saturated heterocycles. The minimum atomic E-state index is -0.603. The zero-order chi connectivity index (χ0) is 13.5. The van der Waals surface area contributed by atoms with Crippen LogP contribution in [0.5, 0.6) is 0 Å². The number of hydrogen-bond acceptors (Lipinski definition) is 2. The largest absolute Gasteiger partial charge is 0.313 e. The molecule has 0 aliphatic heterocycles. The lowest BCUT2D eigenvalue weighted by Gasteiger charge is -2.26. The van der Waals surface area contributed by atoms with Crippen molar-refractivity contribution < 1.29 is 4.21 Å². The molecule has 0 bridgehead atoms. The van der Waals surface area contributed by atoms with Crippen molar-refractivity contribution in [3.63, 3.8) is 0 Å². The molecule has 3 heteroatoms. The van der Waals surface area contributed by atoms with Gasteiger partial charge < -0.3 is 5.32 Å². The Morgan fingerprint density at radius 1 is 1.00 bits per heavy atom. The van der Waals surface area contributed by atoms with Crippen LogP contribution in [0.3, 0.4) is 0 Å². The minimum Gasteiger partial charge on any atom is -0.313 e. The Morgan fingerprint density at radius 3 is 2.42 bits per heavy atom. The SMILES string of the molecule is CCCNC1CCCCCC1S(=O)CC1CCCC1. The summed E-state index contributed by atoms with van der Waals surface area (Å²) in [5, 5.41) is 4.10. The van der Waals surface area contributed by atoms with E-state index in [-0.39, 0.29) is 0 Å². The molecule has 3 atom stereocenters. The molecule has 2 nitrogen and oxygen atoms in total. The van der Waals surface area contributed by atoms with E-state index >= 15 is 0 Å². The van der Waals surface area contributed by atoms with Gasteiger partial charge in [-0.05, 0) is 44.6 Å². The monoisotopic (exact) mass is 285 g/mol. The molecule has 0 aromatic carbocycles. The van der Waals surface area contributed by atoms with Gasteiger partial charge in [-0.25, -0.2) is 0 Å². The van der Waals surface area contributed by atoms with Gasteiger partial charge in [0, 0.05) is 22.6 Å². The van der Waals surface area contributed by atoms with Gasteiger partial charge >= 0.3 is 0 Å². The highest BCUT2D eigenvalue weighted by Crippen LogP contribution is 2.29. The summed E-state index contributed by atoms with van der Waals surface area (Å²) in [6.45, 7) is 3.30. The molecular formula is C16H31NOS. The molecule has 19 heavy (non-hydrogen) atoms. The minimum absolute atomic E-state index is 0.426. The van der Waals surface area contributed by atoms with E-state index in [1.807, 2.05) is 0 Å². The number of nitrogens with one attached hydrogen (secondary N) is 1. The van der Waals surface area contributed by atoms with Gasteiger partial charge in [-0.1, -0.05) is 39.0 Å². The van der Waals surface area contributed by atoms with Crippen molar-refractivity contribution in [1.29, 1.82) is 0 Å². The fraction of sp³-hybridized carbons (Fsp3) is 1.00. The fourth-order valence-electron chi connectivity index (χ4n) is 3.68. The molecule has 2 aliphatic rings. The third-order valence-electron chi connectivity index (χ3n) is 4.82. The summed E-state index contributed by atoms with van der Waals surface area (Å²) >= 11 is 0. The van der Waals surface area contributed by atoms with E-state index in [9.17, 15) is 4.21 Å². The lowest BCUT2D eigenvalue weighted by Crippen LogP contribution is -2.43. The van der Waals surface area contributed by atoms with Crippen LogP contribution in [0.1, 0.15) is 71.1 Å². The van der Waals surface area contributed by atoms with Gasteiger partial charge in [-0.3, -0.25) is 4.21 Å². The van der Waals surface area contributed by atoms with Gasteiger partial charge in [0.25, 0.3) is 0 Å². The average Bonchev–Trinajstić information content (AvgIpc) is 2.79. The summed E-state index contributed by atoms with van der Waals surface area (Å²) in [4.78, 5) is 0. The van der Waals surface area contributed by atoms with Crippen molar-refractivity contribution in [2.75, 3.05) is 12.3 Å². The molecule has 3 unspecified atom stereocenters. The van der Waals surface area contributed by atoms with E-state index in [1.165, 1.54) is 64.2 Å². The highest BCUT2D eigenvalue weighted by molar-refractivity contribution is 7.85. The third kappa shape index (κ3) is 4.86. The third-order valence-corrected chi connectivity index (χ3v) is 6.86. The second-order valence-electron chi connectivity index (χ2n) is 6.43. The van der Waals surface area contributed by atoms with Crippen molar-refractivity contribution in [3.05, 3.63) is 0 Å². The van der Waals surface area contributed by atoms with Crippen molar-refractivity contribution in [1.82, 2.24) is 5.32 Å². The van der Waals surface area contributed by atoms with E-state index in [0.29, 0.717) is 11.3 Å². The first-order chi connectivity index (χ1) is 9.31. The molecule has 0 amide bonds. The predicted molar refractivity (Wildman–Crippen MR) is 83.9 cm³/mol. The van der Waals surface area contributed by atoms with Crippen LogP contribution in [0.4, 0.5) is 0 Å². The van der Waals surface area contributed by atoms with Crippen LogP contribution in [0, 0.1) is 5.92 Å². The summed E-state index contributed by atoms with van der Waals surface area (Å²) in [6.07, 6.45) is 12.9. The molecule has 2 fully saturated rings. The Labute approximate surface area is 121 Å². The fourth-order valence-corrected chi connectivity index (χ4v) is 5.76. The Hall–Kier alpha value is 0.110. The Bertz CT molecular complexity index is 276. The van der Waals surface area contributed by atoms with Crippen LogP contribution < -0.4 is 5.32 Å². The van der Waals surface area contributed by atoms with Gasteiger partial charge in [0.1, 0.15) is 0 Å². The summed E-state index contributed by atoms with van der Waals surface area (Å²) in [5.41, 5.74) is 0. The molecular weight excluding hydrogens is 254 g/mol. The van der Waals surface area contributed by atoms with Gasteiger partial charge in [0.05, 0.1) is 5.25 Å². The van der Waals surface area contributed by atoms with Crippen LogP contribution in [0.25, 0.3) is 0 Å². The molecule has 2 saturated carbocycles. The lowest BCUT2D eigenvalue weighted by atomic mass is 10.1. The summed E-state index contributed by atoms with van der Waals surface area (Å²) in [6, 6.07) is 0.518. The molecule has 0 aromatic rings. The maximum atomic E-state index is 12.8. The highest BCUT2D eigenvalue weighted by atomic mass is 32.2. The second kappa shape index (κ2) is 8.41. The molecule has 0 heterocycles.